The molecule has 3 rings (SSSR count). The quantitative estimate of drug-likeness (QED) is 0.791. The SMILES string of the molecule is Cc1ccc(CNC(=O)Cn2cnc(S(=O)(=O)N3CCOCC3)c2)cc1. The van der Waals surface area contributed by atoms with Gasteiger partial charge in [-0.15, -0.1) is 0 Å². The van der Waals surface area contributed by atoms with Crippen LogP contribution in [0.3, 0.4) is 0 Å². The van der Waals surface area contributed by atoms with E-state index in [0.717, 1.165) is 11.1 Å². The van der Waals surface area contributed by atoms with E-state index in [1.165, 1.54) is 21.4 Å². The molecule has 1 aromatic heterocycles. The van der Waals surface area contributed by atoms with E-state index in [2.05, 4.69) is 10.3 Å². The highest BCUT2D eigenvalue weighted by atomic mass is 32.2. The number of benzene rings is 1. The number of sulfonamides is 1. The molecule has 8 nitrogen and oxygen atoms in total. The summed E-state index contributed by atoms with van der Waals surface area (Å²) < 4.78 is 33.0. The first kappa shape index (κ1) is 18.6. The lowest BCUT2D eigenvalue weighted by Gasteiger charge is -2.24. The Balaban J connectivity index is 1.57. The van der Waals surface area contributed by atoms with E-state index < -0.39 is 10.0 Å². The van der Waals surface area contributed by atoms with E-state index in [-0.39, 0.29) is 17.5 Å². The molecule has 0 aliphatic carbocycles. The van der Waals surface area contributed by atoms with Crippen LogP contribution in [-0.4, -0.2) is 54.5 Å². The summed E-state index contributed by atoms with van der Waals surface area (Å²) in [5.74, 6) is -0.210. The van der Waals surface area contributed by atoms with Crippen molar-refractivity contribution in [2.24, 2.45) is 0 Å². The second-order valence-corrected chi connectivity index (χ2v) is 8.05. The molecule has 0 unspecified atom stereocenters. The highest BCUT2D eigenvalue weighted by Crippen LogP contribution is 2.14. The normalized spacial score (nSPS) is 15.7. The molecule has 1 N–H and O–H groups in total. The molecule has 2 aromatic rings. The first-order chi connectivity index (χ1) is 12.4. The van der Waals surface area contributed by atoms with Gasteiger partial charge in [0.05, 0.1) is 19.5 Å². The first-order valence-corrected chi connectivity index (χ1v) is 9.81. The van der Waals surface area contributed by atoms with Gasteiger partial charge in [-0.25, -0.2) is 13.4 Å². The molecule has 1 aliphatic heterocycles. The van der Waals surface area contributed by atoms with Gasteiger partial charge in [-0.2, -0.15) is 4.31 Å². The first-order valence-electron chi connectivity index (χ1n) is 8.37. The van der Waals surface area contributed by atoms with Crippen molar-refractivity contribution in [3.63, 3.8) is 0 Å². The molecule has 0 bridgehead atoms. The van der Waals surface area contributed by atoms with Crippen molar-refractivity contribution in [3.05, 3.63) is 47.9 Å². The third kappa shape index (κ3) is 4.48. The largest absolute Gasteiger partial charge is 0.379 e. The Morgan fingerprint density at radius 1 is 1.23 bits per heavy atom. The fourth-order valence-electron chi connectivity index (χ4n) is 2.61. The van der Waals surface area contributed by atoms with Crippen LogP contribution in [-0.2, 0) is 32.6 Å². The van der Waals surface area contributed by atoms with Gasteiger partial charge in [0.15, 0.2) is 5.03 Å². The molecular formula is C17H22N4O4S. The summed E-state index contributed by atoms with van der Waals surface area (Å²) in [6, 6.07) is 7.89. The summed E-state index contributed by atoms with van der Waals surface area (Å²) in [5.41, 5.74) is 2.16. The third-order valence-electron chi connectivity index (χ3n) is 4.12. The lowest BCUT2D eigenvalue weighted by atomic mass is 10.1. The fourth-order valence-corrected chi connectivity index (χ4v) is 3.95. The van der Waals surface area contributed by atoms with Gasteiger partial charge < -0.3 is 14.6 Å². The molecule has 2 heterocycles. The number of hydrogen-bond acceptors (Lipinski definition) is 5. The van der Waals surface area contributed by atoms with Crippen molar-refractivity contribution in [1.82, 2.24) is 19.2 Å². The van der Waals surface area contributed by atoms with Gasteiger partial charge in [0.25, 0.3) is 10.0 Å². The number of aryl methyl sites for hydroxylation is 1. The highest BCUT2D eigenvalue weighted by molar-refractivity contribution is 7.89. The zero-order chi connectivity index (χ0) is 18.6. The molecular weight excluding hydrogens is 356 g/mol. The maximum atomic E-state index is 12.5. The van der Waals surface area contributed by atoms with Gasteiger partial charge in [-0.3, -0.25) is 4.79 Å². The summed E-state index contributed by atoms with van der Waals surface area (Å²) in [6.45, 7) is 3.81. The maximum absolute atomic E-state index is 12.5. The van der Waals surface area contributed by atoms with E-state index in [0.29, 0.717) is 32.8 Å². The molecule has 0 spiro atoms. The van der Waals surface area contributed by atoms with Crippen LogP contribution in [0.25, 0.3) is 0 Å². The number of morpholine rings is 1. The number of rotatable bonds is 6. The molecule has 140 valence electrons. The van der Waals surface area contributed by atoms with Gasteiger partial charge in [0, 0.05) is 25.8 Å². The number of nitrogens with zero attached hydrogens (tertiary/aromatic N) is 3. The Hall–Kier alpha value is -2.23. The minimum Gasteiger partial charge on any atom is -0.379 e. The van der Waals surface area contributed by atoms with Crippen LogP contribution in [0, 0.1) is 6.92 Å². The van der Waals surface area contributed by atoms with Gasteiger partial charge in [-0.05, 0) is 12.5 Å². The molecule has 26 heavy (non-hydrogen) atoms. The Morgan fingerprint density at radius 2 is 1.92 bits per heavy atom. The lowest BCUT2D eigenvalue weighted by Crippen LogP contribution is -2.40. The Bertz CT molecular complexity index is 855. The van der Waals surface area contributed by atoms with Crippen LogP contribution in [0.2, 0.25) is 0 Å². The average molecular weight is 378 g/mol. The highest BCUT2D eigenvalue weighted by Gasteiger charge is 2.28. The van der Waals surface area contributed by atoms with Gasteiger partial charge >= 0.3 is 0 Å². The molecule has 1 aliphatic rings. The minimum absolute atomic E-state index is 0.0114. The average Bonchev–Trinajstić information content (AvgIpc) is 3.11. The molecule has 1 aromatic carbocycles. The van der Waals surface area contributed by atoms with Crippen LogP contribution in [0.5, 0.6) is 0 Å². The predicted molar refractivity (Wildman–Crippen MR) is 94.8 cm³/mol. The van der Waals surface area contributed by atoms with Crippen LogP contribution in [0.1, 0.15) is 11.1 Å². The van der Waals surface area contributed by atoms with Crippen molar-refractivity contribution in [2.75, 3.05) is 26.3 Å². The zero-order valence-corrected chi connectivity index (χ0v) is 15.4. The van der Waals surface area contributed by atoms with Crippen LogP contribution >= 0.6 is 0 Å². The van der Waals surface area contributed by atoms with E-state index >= 15 is 0 Å². The van der Waals surface area contributed by atoms with Crippen molar-refractivity contribution < 1.29 is 17.9 Å². The van der Waals surface area contributed by atoms with Crippen molar-refractivity contribution >= 4 is 15.9 Å². The van der Waals surface area contributed by atoms with E-state index in [4.69, 9.17) is 4.74 Å². The van der Waals surface area contributed by atoms with E-state index in [1.54, 1.807) is 0 Å². The summed E-state index contributed by atoms with van der Waals surface area (Å²) in [6.07, 6.45) is 2.75. The van der Waals surface area contributed by atoms with Crippen molar-refractivity contribution in [1.29, 1.82) is 0 Å². The smallest absolute Gasteiger partial charge is 0.262 e. The molecule has 0 saturated carbocycles. The fraction of sp³-hybridized carbons (Fsp3) is 0.412. The predicted octanol–water partition coefficient (Wildman–Crippen LogP) is 0.529. The number of carbonyl (C=O) groups excluding carboxylic acids is 1. The zero-order valence-electron chi connectivity index (χ0n) is 14.6. The molecule has 1 fully saturated rings. The number of amides is 1. The van der Waals surface area contributed by atoms with Crippen LogP contribution in [0.15, 0.2) is 41.8 Å². The molecule has 9 heteroatoms. The number of imidazole rings is 1. The summed E-state index contributed by atoms with van der Waals surface area (Å²) in [4.78, 5) is 16.0. The number of ether oxygens (including phenoxy) is 1. The summed E-state index contributed by atoms with van der Waals surface area (Å²) in [5, 5.41) is 2.76. The van der Waals surface area contributed by atoms with Gasteiger partial charge in [0.1, 0.15) is 6.54 Å². The molecule has 0 radical (unpaired) electrons. The standard InChI is InChI=1S/C17H22N4O4S/c1-14-2-4-15(5-3-14)10-18-16(22)11-20-12-17(19-13-20)26(23,24)21-6-8-25-9-7-21/h2-5,12-13H,6-11H2,1H3,(H,18,22). The Kier molecular flexibility index (Phi) is 5.70. The number of aromatic nitrogens is 2. The molecule has 0 atom stereocenters. The lowest BCUT2D eigenvalue weighted by molar-refractivity contribution is -0.121. The Morgan fingerprint density at radius 3 is 2.62 bits per heavy atom. The van der Waals surface area contributed by atoms with Gasteiger partial charge in [0.2, 0.25) is 5.91 Å². The number of nitrogens with one attached hydrogen (secondary N) is 1. The maximum Gasteiger partial charge on any atom is 0.262 e. The summed E-state index contributed by atoms with van der Waals surface area (Å²) in [7, 11) is -3.65. The third-order valence-corrected chi connectivity index (χ3v) is 5.90. The van der Waals surface area contributed by atoms with Gasteiger partial charge in [-0.1, -0.05) is 29.8 Å². The van der Waals surface area contributed by atoms with Crippen LogP contribution in [0.4, 0.5) is 0 Å². The topological polar surface area (TPSA) is 93.5 Å². The van der Waals surface area contributed by atoms with E-state index in [1.807, 2.05) is 31.2 Å². The van der Waals surface area contributed by atoms with E-state index in [9.17, 15) is 13.2 Å². The van der Waals surface area contributed by atoms with Crippen LogP contribution < -0.4 is 5.32 Å². The number of carbonyl (C=O) groups is 1. The molecule has 1 amide bonds. The second kappa shape index (κ2) is 7.98. The monoisotopic (exact) mass is 378 g/mol. The Labute approximate surface area is 152 Å². The second-order valence-electron chi connectivity index (χ2n) is 6.16. The summed E-state index contributed by atoms with van der Waals surface area (Å²) >= 11 is 0. The van der Waals surface area contributed by atoms with Crippen molar-refractivity contribution in [3.8, 4) is 0 Å². The van der Waals surface area contributed by atoms with Crippen molar-refractivity contribution in [2.45, 2.75) is 25.0 Å². The molecule has 1 saturated heterocycles. The number of hydrogen-bond donors (Lipinski definition) is 1. The minimum atomic E-state index is -3.65.